The average Bonchev–Trinajstić information content (AvgIpc) is 2.94. The highest BCUT2D eigenvalue weighted by Crippen LogP contribution is 2.19. The van der Waals surface area contributed by atoms with E-state index < -0.39 is 29.4 Å². The van der Waals surface area contributed by atoms with Crippen LogP contribution in [0.4, 0.5) is 0 Å². The lowest BCUT2D eigenvalue weighted by Crippen LogP contribution is -2.24. The van der Waals surface area contributed by atoms with Crippen LogP contribution in [0.15, 0.2) is 23.5 Å². The lowest BCUT2D eigenvalue weighted by Gasteiger charge is -2.12. The third-order valence-corrected chi connectivity index (χ3v) is 5.42. The zero-order valence-electron chi connectivity index (χ0n) is 24.7. The van der Waals surface area contributed by atoms with Gasteiger partial charge in [-0.05, 0) is 58.7 Å². The minimum Gasteiger partial charge on any atom is -0.462 e. The Bertz CT molecular complexity index is 1280. The molecule has 0 fully saturated rings. The Morgan fingerprint density at radius 2 is 1.15 bits per heavy atom. The third kappa shape index (κ3) is 10.0. The van der Waals surface area contributed by atoms with Gasteiger partial charge in [0.2, 0.25) is 0 Å². The lowest BCUT2D eigenvalue weighted by atomic mass is 10.0. The largest absolute Gasteiger partial charge is 0.462 e. The van der Waals surface area contributed by atoms with E-state index in [4.69, 9.17) is 18.9 Å². The van der Waals surface area contributed by atoms with Crippen LogP contribution in [0.5, 0.6) is 0 Å². The summed E-state index contributed by atoms with van der Waals surface area (Å²) in [6.45, 7) is 15.2. The van der Waals surface area contributed by atoms with Crippen molar-refractivity contribution >= 4 is 30.0 Å². The van der Waals surface area contributed by atoms with Gasteiger partial charge in [0.1, 0.15) is 5.56 Å². The van der Waals surface area contributed by atoms with Gasteiger partial charge < -0.3 is 23.9 Å². The topological polar surface area (TPSA) is 151 Å². The number of esters is 4. The van der Waals surface area contributed by atoms with Gasteiger partial charge in [0.25, 0.3) is 5.56 Å². The van der Waals surface area contributed by atoms with Crippen molar-refractivity contribution < 1.29 is 38.1 Å². The van der Waals surface area contributed by atoms with Crippen molar-refractivity contribution in [2.45, 2.75) is 67.2 Å². The highest BCUT2D eigenvalue weighted by atomic mass is 16.5. The summed E-state index contributed by atoms with van der Waals surface area (Å²) in [5, 5.41) is 0. The fourth-order valence-corrected chi connectivity index (χ4v) is 3.68. The van der Waals surface area contributed by atoms with Crippen molar-refractivity contribution in [3.63, 3.8) is 0 Å². The molecular weight excluding hydrogens is 532 g/mol. The zero-order chi connectivity index (χ0) is 30.9. The monoisotopic (exact) mass is 572 g/mol. The lowest BCUT2D eigenvalue weighted by molar-refractivity contribution is 0.0503. The van der Waals surface area contributed by atoms with Crippen LogP contribution in [-0.4, -0.2) is 60.3 Å². The molecule has 0 amide bonds. The first-order valence-corrected chi connectivity index (χ1v) is 13.7. The predicted molar refractivity (Wildman–Crippen MR) is 153 cm³/mol. The maximum Gasteiger partial charge on any atom is 0.343 e. The number of nitrogens with zero attached hydrogens (tertiary/aromatic N) is 1. The normalized spacial score (nSPS) is 10.1. The molecule has 0 aliphatic heterocycles. The highest BCUT2D eigenvalue weighted by Gasteiger charge is 2.22. The van der Waals surface area contributed by atoms with E-state index in [9.17, 15) is 24.0 Å². The molecule has 11 nitrogen and oxygen atoms in total. The minimum atomic E-state index is -0.748. The molecule has 0 saturated carbocycles. The van der Waals surface area contributed by atoms with Crippen LogP contribution in [0.25, 0.3) is 6.08 Å². The predicted octanol–water partition coefficient (Wildman–Crippen LogP) is 4.71. The standard InChI is InChI=1S/C16H21NO4.C14H19NO5/c1-5-9-14-12(16(19)21-8-4)10-11(13(6-2)17-14)15(18)20-7-3;1-4-7-11-9(13(17)19-5-2)8-10(12(16)15-11)14(18)20-6-3/h6,10H,2,5,7-9H2,1,3-4H3;8H,4-7H2,1-3H3,(H,15,16). The van der Waals surface area contributed by atoms with Crippen molar-refractivity contribution in [2.24, 2.45) is 0 Å². The smallest absolute Gasteiger partial charge is 0.343 e. The molecule has 0 aliphatic rings. The summed E-state index contributed by atoms with van der Waals surface area (Å²) in [7, 11) is 0. The average molecular weight is 573 g/mol. The number of carbonyl (C=O) groups is 4. The molecule has 11 heteroatoms. The number of hydrogen-bond donors (Lipinski definition) is 1. The van der Waals surface area contributed by atoms with Gasteiger partial charge in [0, 0.05) is 5.69 Å². The van der Waals surface area contributed by atoms with Crippen molar-refractivity contribution in [3.8, 4) is 0 Å². The summed E-state index contributed by atoms with van der Waals surface area (Å²) in [4.78, 5) is 66.3. The number of aryl methyl sites for hydroxylation is 2. The number of ether oxygens (including phenoxy) is 4. The van der Waals surface area contributed by atoms with E-state index in [0.717, 1.165) is 12.8 Å². The second-order valence-corrected chi connectivity index (χ2v) is 8.41. The Kier molecular flexibility index (Phi) is 15.4. The molecule has 41 heavy (non-hydrogen) atoms. The number of hydrogen-bond acceptors (Lipinski definition) is 10. The van der Waals surface area contributed by atoms with Gasteiger partial charge in [-0.15, -0.1) is 0 Å². The Morgan fingerprint density at radius 1 is 0.707 bits per heavy atom. The van der Waals surface area contributed by atoms with Crippen LogP contribution in [0.2, 0.25) is 0 Å². The molecule has 224 valence electrons. The summed E-state index contributed by atoms with van der Waals surface area (Å²) < 4.78 is 19.7. The third-order valence-electron chi connectivity index (χ3n) is 5.42. The number of H-pyrrole nitrogens is 1. The molecule has 0 radical (unpaired) electrons. The molecule has 0 bridgehead atoms. The van der Waals surface area contributed by atoms with Gasteiger partial charge in [-0.1, -0.05) is 33.3 Å². The molecule has 0 saturated heterocycles. The number of rotatable bonds is 13. The number of aromatic amines is 1. The number of pyridine rings is 2. The van der Waals surface area contributed by atoms with Gasteiger partial charge >= 0.3 is 23.9 Å². The number of nitrogens with one attached hydrogen (secondary N) is 1. The van der Waals surface area contributed by atoms with E-state index in [1.807, 2.05) is 13.8 Å². The summed E-state index contributed by atoms with van der Waals surface area (Å²) in [6.07, 6.45) is 4.21. The Labute approximate surface area is 240 Å². The maximum absolute atomic E-state index is 12.0. The first-order chi connectivity index (χ1) is 19.6. The van der Waals surface area contributed by atoms with E-state index in [-0.39, 0.29) is 43.1 Å². The SMILES string of the molecule is C=Cc1nc(CCC)c(C(=O)OCC)cc1C(=O)OCC.CCCc1[nH]c(=O)c(C(=O)OCC)cc1C(=O)OCC. The fraction of sp³-hybridized carbons (Fsp3) is 0.467. The maximum atomic E-state index is 12.0. The van der Waals surface area contributed by atoms with Gasteiger partial charge in [0.05, 0.1) is 54.5 Å². The number of aromatic nitrogens is 2. The number of carbonyl (C=O) groups excluding carboxylic acids is 4. The zero-order valence-corrected chi connectivity index (χ0v) is 24.7. The van der Waals surface area contributed by atoms with Crippen molar-refractivity contribution in [3.05, 3.63) is 68.4 Å². The summed E-state index contributed by atoms with van der Waals surface area (Å²) in [6, 6.07) is 2.74. The highest BCUT2D eigenvalue weighted by molar-refractivity contribution is 5.98. The second kappa shape index (κ2) is 18.1. The molecule has 0 spiro atoms. The molecule has 2 aromatic heterocycles. The molecule has 2 heterocycles. The van der Waals surface area contributed by atoms with E-state index in [1.54, 1.807) is 27.7 Å². The van der Waals surface area contributed by atoms with Crippen LogP contribution in [0.3, 0.4) is 0 Å². The van der Waals surface area contributed by atoms with Crippen LogP contribution in [0.1, 0.15) is 113 Å². The molecule has 2 rings (SSSR count). The Hall–Kier alpha value is -4.28. The summed E-state index contributed by atoms with van der Waals surface area (Å²) >= 11 is 0. The molecule has 1 N–H and O–H groups in total. The molecule has 0 unspecified atom stereocenters. The van der Waals surface area contributed by atoms with E-state index in [2.05, 4.69) is 16.5 Å². The van der Waals surface area contributed by atoms with E-state index in [0.29, 0.717) is 35.5 Å². The van der Waals surface area contributed by atoms with Gasteiger partial charge in [0.15, 0.2) is 0 Å². The summed E-state index contributed by atoms with van der Waals surface area (Å²) in [5.74, 6) is -2.30. The molecule has 0 aliphatic carbocycles. The Balaban J connectivity index is 0.000000410. The molecule has 0 atom stereocenters. The first kappa shape index (κ1) is 34.7. The van der Waals surface area contributed by atoms with Crippen molar-refractivity contribution in [1.82, 2.24) is 9.97 Å². The quantitative estimate of drug-likeness (QED) is 0.264. The first-order valence-electron chi connectivity index (χ1n) is 13.7. The van der Waals surface area contributed by atoms with Crippen LogP contribution in [0, 0.1) is 0 Å². The Morgan fingerprint density at radius 3 is 1.61 bits per heavy atom. The molecule has 2 aromatic rings. The van der Waals surface area contributed by atoms with Gasteiger partial charge in [-0.2, -0.15) is 0 Å². The van der Waals surface area contributed by atoms with Crippen molar-refractivity contribution in [2.75, 3.05) is 26.4 Å². The van der Waals surface area contributed by atoms with E-state index in [1.165, 1.54) is 18.2 Å². The molecule has 0 aromatic carbocycles. The minimum absolute atomic E-state index is 0.156. The summed E-state index contributed by atoms with van der Waals surface area (Å²) in [5.41, 5.74) is 1.51. The van der Waals surface area contributed by atoms with Crippen molar-refractivity contribution in [1.29, 1.82) is 0 Å². The van der Waals surface area contributed by atoms with E-state index >= 15 is 0 Å². The van der Waals surface area contributed by atoms with Crippen LogP contribution < -0.4 is 5.56 Å². The van der Waals surface area contributed by atoms with Gasteiger partial charge in [-0.3, -0.25) is 9.78 Å². The fourth-order valence-electron chi connectivity index (χ4n) is 3.68. The molecular formula is C30H40N2O9. The van der Waals surface area contributed by atoms with Crippen LogP contribution in [-0.2, 0) is 31.8 Å². The second-order valence-electron chi connectivity index (χ2n) is 8.41. The van der Waals surface area contributed by atoms with Crippen LogP contribution >= 0.6 is 0 Å². The van der Waals surface area contributed by atoms with Gasteiger partial charge in [-0.25, -0.2) is 19.2 Å².